The van der Waals surface area contributed by atoms with Gasteiger partial charge in [0.1, 0.15) is 6.67 Å². The molecular formula is C15H16N4O2. The third-order valence-electron chi connectivity index (χ3n) is 3.14. The van der Waals surface area contributed by atoms with Crippen molar-refractivity contribution < 1.29 is 9.53 Å². The zero-order chi connectivity index (χ0) is 15.4. The van der Waals surface area contributed by atoms with Crippen LogP contribution in [-0.4, -0.2) is 37.5 Å². The maximum Gasteiger partial charge on any atom is 0.339 e. The molecule has 0 aliphatic carbocycles. The molecule has 6 heteroatoms. The normalized spacial score (nSPS) is 13.6. The van der Waals surface area contributed by atoms with E-state index in [0.29, 0.717) is 34.8 Å². The van der Waals surface area contributed by atoms with Gasteiger partial charge in [0.05, 0.1) is 23.9 Å². The van der Waals surface area contributed by atoms with Crippen molar-refractivity contribution in [3.8, 4) is 12.3 Å². The Balaban J connectivity index is 2.54. The highest BCUT2D eigenvalue weighted by Gasteiger charge is 2.20. The van der Waals surface area contributed by atoms with Gasteiger partial charge < -0.3 is 10.5 Å². The van der Waals surface area contributed by atoms with E-state index in [0.717, 1.165) is 0 Å². The second kappa shape index (κ2) is 6.11. The number of carbonyl (C=O) groups is 1. The Kier molecular flexibility index (Phi) is 4.26. The first-order valence-electron chi connectivity index (χ1n) is 6.26. The number of anilines is 1. The van der Waals surface area contributed by atoms with Gasteiger partial charge in [0, 0.05) is 24.5 Å². The zero-order valence-electron chi connectivity index (χ0n) is 11.9. The number of ether oxygens (including phenoxy) is 1. The molecule has 1 aliphatic heterocycles. The predicted octanol–water partition coefficient (Wildman–Crippen LogP) is 0.747. The Labute approximate surface area is 123 Å². The second-order valence-electron chi connectivity index (χ2n) is 4.28. The van der Waals surface area contributed by atoms with Gasteiger partial charge in [-0.3, -0.25) is 10.0 Å². The number of nitrogens with two attached hydrogens (primary N) is 1. The SMILES string of the molecule is C#Cc1c(C(=O)OC)ccc(N)c1C1=NCN(NC)C=C1. The molecule has 0 amide bonds. The largest absolute Gasteiger partial charge is 0.465 e. The number of hydrazine groups is 1. The number of terminal acetylenes is 1. The minimum atomic E-state index is -0.499. The number of hydrogen-bond donors (Lipinski definition) is 2. The molecule has 0 unspecified atom stereocenters. The second-order valence-corrected chi connectivity index (χ2v) is 4.28. The van der Waals surface area contributed by atoms with Crippen LogP contribution in [0.5, 0.6) is 0 Å². The Bertz CT molecular complexity index is 671. The summed E-state index contributed by atoms with van der Waals surface area (Å²) < 4.78 is 4.74. The molecule has 0 fully saturated rings. The van der Waals surface area contributed by atoms with Crippen LogP contribution in [0.3, 0.4) is 0 Å². The summed E-state index contributed by atoms with van der Waals surface area (Å²) in [6.45, 7) is 0.425. The van der Waals surface area contributed by atoms with Crippen LogP contribution in [0.25, 0.3) is 0 Å². The van der Waals surface area contributed by atoms with Gasteiger partial charge >= 0.3 is 5.97 Å². The number of aliphatic imine (C=N–C) groups is 1. The summed E-state index contributed by atoms with van der Waals surface area (Å²) in [6.07, 6.45) is 9.17. The van der Waals surface area contributed by atoms with Crippen molar-refractivity contribution >= 4 is 17.4 Å². The molecule has 1 heterocycles. The molecule has 0 saturated heterocycles. The molecule has 0 aromatic heterocycles. The molecule has 1 aromatic rings. The number of carbonyl (C=O) groups excluding carboxylic acids is 1. The lowest BCUT2D eigenvalue weighted by Gasteiger charge is -2.21. The summed E-state index contributed by atoms with van der Waals surface area (Å²) >= 11 is 0. The Hall–Kier alpha value is -2.78. The molecular weight excluding hydrogens is 268 g/mol. The van der Waals surface area contributed by atoms with E-state index in [1.165, 1.54) is 7.11 Å². The van der Waals surface area contributed by atoms with E-state index < -0.39 is 5.97 Å². The van der Waals surface area contributed by atoms with E-state index >= 15 is 0 Å². The number of nitrogens with zero attached hydrogens (tertiary/aromatic N) is 2. The smallest absolute Gasteiger partial charge is 0.339 e. The van der Waals surface area contributed by atoms with Crippen molar-refractivity contribution in [3.05, 3.63) is 41.1 Å². The lowest BCUT2D eigenvalue weighted by molar-refractivity contribution is 0.0600. The van der Waals surface area contributed by atoms with E-state index in [4.69, 9.17) is 16.9 Å². The van der Waals surface area contributed by atoms with E-state index in [2.05, 4.69) is 16.3 Å². The topological polar surface area (TPSA) is 80.0 Å². The molecule has 0 radical (unpaired) electrons. The Morgan fingerprint density at radius 3 is 2.86 bits per heavy atom. The first-order valence-corrected chi connectivity index (χ1v) is 6.26. The van der Waals surface area contributed by atoms with E-state index in [1.807, 2.05) is 6.20 Å². The fraction of sp³-hybridized carbons (Fsp3) is 0.200. The summed E-state index contributed by atoms with van der Waals surface area (Å²) in [5, 5.41) is 1.79. The highest BCUT2D eigenvalue weighted by atomic mass is 16.5. The molecule has 0 bridgehead atoms. The molecule has 6 nitrogen and oxygen atoms in total. The van der Waals surface area contributed by atoms with Gasteiger partial charge in [0.25, 0.3) is 0 Å². The molecule has 1 aromatic carbocycles. The Morgan fingerprint density at radius 2 is 2.33 bits per heavy atom. The number of nitrogens with one attached hydrogen (secondary N) is 1. The van der Waals surface area contributed by atoms with Gasteiger partial charge in [0.2, 0.25) is 0 Å². The molecule has 3 N–H and O–H groups in total. The van der Waals surface area contributed by atoms with Gasteiger partial charge in [-0.1, -0.05) is 5.92 Å². The molecule has 2 rings (SSSR count). The first kappa shape index (κ1) is 14.6. The standard InChI is InChI=1S/C15H16N4O2/c1-4-10-11(15(20)21-3)5-6-12(16)14(10)13-7-8-19(17-2)9-18-13/h1,5-8,17H,9,16H2,2-3H3. The number of benzene rings is 1. The fourth-order valence-electron chi connectivity index (χ4n) is 2.05. The van der Waals surface area contributed by atoms with Crippen LogP contribution in [0.1, 0.15) is 21.5 Å². The first-order chi connectivity index (χ1) is 10.1. The maximum absolute atomic E-state index is 11.8. The number of methoxy groups -OCH3 is 1. The lowest BCUT2D eigenvalue weighted by Crippen LogP contribution is -2.32. The average molecular weight is 284 g/mol. The fourth-order valence-corrected chi connectivity index (χ4v) is 2.05. The molecule has 0 atom stereocenters. The zero-order valence-corrected chi connectivity index (χ0v) is 11.9. The van der Waals surface area contributed by atoms with Gasteiger partial charge in [-0.05, 0) is 18.2 Å². The van der Waals surface area contributed by atoms with Gasteiger partial charge in [-0.25, -0.2) is 10.2 Å². The third-order valence-corrected chi connectivity index (χ3v) is 3.14. The summed E-state index contributed by atoms with van der Waals surface area (Å²) in [5.74, 6) is 2.02. The van der Waals surface area contributed by atoms with E-state index in [-0.39, 0.29) is 0 Å². The molecule has 0 spiro atoms. The molecule has 108 valence electrons. The Morgan fingerprint density at radius 1 is 1.57 bits per heavy atom. The summed E-state index contributed by atoms with van der Waals surface area (Å²) in [4.78, 5) is 16.2. The minimum Gasteiger partial charge on any atom is -0.465 e. The van der Waals surface area contributed by atoms with Gasteiger partial charge in [0.15, 0.2) is 0 Å². The van der Waals surface area contributed by atoms with Crippen LogP contribution < -0.4 is 11.2 Å². The van der Waals surface area contributed by atoms with Crippen molar-refractivity contribution in [1.82, 2.24) is 10.4 Å². The number of nitrogen functional groups attached to an aromatic ring is 1. The quantitative estimate of drug-likeness (QED) is 0.486. The van der Waals surface area contributed by atoms with Crippen LogP contribution in [0, 0.1) is 12.3 Å². The van der Waals surface area contributed by atoms with Crippen LogP contribution >= 0.6 is 0 Å². The molecule has 1 aliphatic rings. The number of rotatable bonds is 3. The van der Waals surface area contributed by atoms with Crippen LogP contribution in [0.2, 0.25) is 0 Å². The van der Waals surface area contributed by atoms with Crippen LogP contribution in [0.4, 0.5) is 5.69 Å². The number of esters is 1. The van der Waals surface area contributed by atoms with Gasteiger partial charge in [-0.2, -0.15) is 0 Å². The van der Waals surface area contributed by atoms with Gasteiger partial charge in [-0.15, -0.1) is 6.42 Å². The molecule has 0 saturated carbocycles. The van der Waals surface area contributed by atoms with Crippen LogP contribution in [0.15, 0.2) is 29.4 Å². The van der Waals surface area contributed by atoms with E-state index in [9.17, 15) is 4.79 Å². The van der Waals surface area contributed by atoms with E-state index in [1.54, 1.807) is 30.3 Å². The van der Waals surface area contributed by atoms with Crippen molar-refractivity contribution in [3.63, 3.8) is 0 Å². The van der Waals surface area contributed by atoms with Crippen molar-refractivity contribution in [2.24, 2.45) is 4.99 Å². The average Bonchev–Trinajstić information content (AvgIpc) is 2.53. The number of allylic oxidation sites excluding steroid dienone is 1. The maximum atomic E-state index is 11.8. The summed E-state index contributed by atoms with van der Waals surface area (Å²) in [7, 11) is 3.10. The monoisotopic (exact) mass is 284 g/mol. The van der Waals surface area contributed by atoms with Crippen molar-refractivity contribution in [1.29, 1.82) is 0 Å². The highest BCUT2D eigenvalue weighted by molar-refractivity contribution is 6.15. The molecule has 21 heavy (non-hydrogen) atoms. The third kappa shape index (κ3) is 2.73. The summed E-state index contributed by atoms with van der Waals surface area (Å²) in [5.41, 5.74) is 11.3. The van der Waals surface area contributed by atoms with Crippen molar-refractivity contribution in [2.75, 3.05) is 26.6 Å². The van der Waals surface area contributed by atoms with Crippen molar-refractivity contribution in [2.45, 2.75) is 0 Å². The summed E-state index contributed by atoms with van der Waals surface area (Å²) in [6, 6.07) is 3.19. The minimum absolute atomic E-state index is 0.302. The number of hydrogen-bond acceptors (Lipinski definition) is 6. The highest BCUT2D eigenvalue weighted by Crippen LogP contribution is 2.24. The lowest BCUT2D eigenvalue weighted by atomic mass is 9.95. The van der Waals surface area contributed by atoms with Crippen LogP contribution in [-0.2, 0) is 4.74 Å². The predicted molar refractivity (Wildman–Crippen MR) is 81.6 cm³/mol.